The van der Waals surface area contributed by atoms with Crippen molar-refractivity contribution in [2.24, 2.45) is 11.7 Å². The summed E-state index contributed by atoms with van der Waals surface area (Å²) in [6, 6.07) is 4.10. The van der Waals surface area contributed by atoms with Crippen LogP contribution in [-0.2, 0) is 11.3 Å². The first-order valence-corrected chi connectivity index (χ1v) is 6.58. The maximum Gasteiger partial charge on any atom is 0.237 e. The highest BCUT2D eigenvalue weighted by Crippen LogP contribution is 2.34. The minimum Gasteiger partial charge on any atom is -0.368 e. The molecule has 2 unspecified atom stereocenters. The van der Waals surface area contributed by atoms with E-state index < -0.39 is 5.54 Å². The molecule has 2 rings (SSSR count). The third-order valence-electron chi connectivity index (χ3n) is 3.41. The van der Waals surface area contributed by atoms with Gasteiger partial charge in [0.1, 0.15) is 0 Å². The van der Waals surface area contributed by atoms with E-state index in [1.54, 1.807) is 11.3 Å². The lowest BCUT2D eigenvalue weighted by Gasteiger charge is -2.26. The van der Waals surface area contributed by atoms with Gasteiger partial charge in [0.2, 0.25) is 5.91 Å². The second-order valence-corrected chi connectivity index (χ2v) is 5.76. The maximum atomic E-state index is 11.6. The van der Waals surface area contributed by atoms with Crippen LogP contribution < -0.4 is 11.1 Å². The van der Waals surface area contributed by atoms with Gasteiger partial charge in [0, 0.05) is 11.4 Å². The van der Waals surface area contributed by atoms with Gasteiger partial charge >= 0.3 is 0 Å². The SMILES string of the molecule is CC1CCC(NCc2cccs2)(C(N)=O)C1. The van der Waals surface area contributed by atoms with Gasteiger partial charge in [-0.15, -0.1) is 11.3 Å². The Morgan fingerprint density at radius 1 is 1.75 bits per heavy atom. The van der Waals surface area contributed by atoms with Crippen LogP contribution in [0.3, 0.4) is 0 Å². The van der Waals surface area contributed by atoms with Crippen LogP contribution in [-0.4, -0.2) is 11.4 Å². The van der Waals surface area contributed by atoms with E-state index >= 15 is 0 Å². The fourth-order valence-electron chi connectivity index (χ4n) is 2.43. The highest BCUT2D eigenvalue weighted by atomic mass is 32.1. The van der Waals surface area contributed by atoms with E-state index in [1.165, 1.54) is 4.88 Å². The number of hydrogen-bond donors (Lipinski definition) is 2. The van der Waals surface area contributed by atoms with Crippen molar-refractivity contribution >= 4 is 17.2 Å². The zero-order valence-corrected chi connectivity index (χ0v) is 10.3. The molecular formula is C12H18N2OS. The summed E-state index contributed by atoms with van der Waals surface area (Å²) in [5.74, 6) is 0.386. The van der Waals surface area contributed by atoms with Gasteiger partial charge in [-0.3, -0.25) is 10.1 Å². The fourth-order valence-corrected chi connectivity index (χ4v) is 3.08. The Hall–Kier alpha value is -0.870. The van der Waals surface area contributed by atoms with E-state index in [9.17, 15) is 4.79 Å². The van der Waals surface area contributed by atoms with Crippen molar-refractivity contribution in [3.8, 4) is 0 Å². The Balaban J connectivity index is 2.01. The second kappa shape index (κ2) is 4.55. The molecule has 1 heterocycles. The van der Waals surface area contributed by atoms with Gasteiger partial charge in [0.25, 0.3) is 0 Å². The standard InChI is InChI=1S/C12H18N2OS/c1-9-4-5-12(7-9,11(13)15)14-8-10-3-2-6-16-10/h2-3,6,9,14H,4-5,7-8H2,1H3,(H2,13,15). The summed E-state index contributed by atoms with van der Waals surface area (Å²) in [5.41, 5.74) is 5.07. The molecule has 0 spiro atoms. The van der Waals surface area contributed by atoms with Gasteiger partial charge in [-0.2, -0.15) is 0 Å². The first-order chi connectivity index (χ1) is 7.62. The molecule has 3 N–H and O–H groups in total. The number of hydrogen-bond acceptors (Lipinski definition) is 3. The molecule has 4 heteroatoms. The van der Waals surface area contributed by atoms with Gasteiger partial charge < -0.3 is 5.73 Å². The number of nitrogens with one attached hydrogen (secondary N) is 1. The van der Waals surface area contributed by atoms with E-state index in [4.69, 9.17) is 5.73 Å². The van der Waals surface area contributed by atoms with Crippen molar-refractivity contribution in [2.75, 3.05) is 0 Å². The summed E-state index contributed by atoms with van der Waals surface area (Å²) in [4.78, 5) is 12.8. The molecule has 0 aliphatic heterocycles. The average molecular weight is 238 g/mol. The summed E-state index contributed by atoms with van der Waals surface area (Å²) in [5, 5.41) is 5.41. The number of nitrogens with two attached hydrogens (primary N) is 1. The quantitative estimate of drug-likeness (QED) is 0.841. The van der Waals surface area contributed by atoms with Crippen LogP contribution >= 0.6 is 11.3 Å². The van der Waals surface area contributed by atoms with Crippen LogP contribution in [0.2, 0.25) is 0 Å². The van der Waals surface area contributed by atoms with Gasteiger partial charge in [0.05, 0.1) is 5.54 Å². The van der Waals surface area contributed by atoms with Gasteiger partial charge in [0.15, 0.2) is 0 Å². The molecule has 0 bridgehead atoms. The Kier molecular flexibility index (Phi) is 3.30. The van der Waals surface area contributed by atoms with Crippen molar-refractivity contribution in [1.82, 2.24) is 5.32 Å². The zero-order valence-electron chi connectivity index (χ0n) is 9.53. The molecule has 1 aromatic rings. The normalized spacial score (nSPS) is 29.4. The van der Waals surface area contributed by atoms with Gasteiger partial charge in [-0.25, -0.2) is 0 Å². The number of rotatable bonds is 4. The van der Waals surface area contributed by atoms with E-state index in [-0.39, 0.29) is 5.91 Å². The van der Waals surface area contributed by atoms with Crippen molar-refractivity contribution in [2.45, 2.75) is 38.3 Å². The molecule has 88 valence electrons. The molecule has 1 saturated carbocycles. The highest BCUT2D eigenvalue weighted by Gasteiger charge is 2.42. The molecule has 1 amide bonds. The second-order valence-electron chi connectivity index (χ2n) is 4.73. The number of primary amides is 1. The third kappa shape index (κ3) is 2.28. The predicted molar refractivity (Wildman–Crippen MR) is 66.1 cm³/mol. The van der Waals surface area contributed by atoms with E-state index in [0.29, 0.717) is 5.92 Å². The Bertz CT molecular complexity index is 363. The minimum atomic E-state index is -0.469. The number of carbonyl (C=O) groups excluding carboxylic acids is 1. The first kappa shape index (κ1) is 11.6. The summed E-state index contributed by atoms with van der Waals surface area (Å²) < 4.78 is 0. The van der Waals surface area contributed by atoms with Crippen LogP contribution in [0.4, 0.5) is 0 Å². The smallest absolute Gasteiger partial charge is 0.237 e. The largest absolute Gasteiger partial charge is 0.368 e. The average Bonchev–Trinajstić information content (AvgIpc) is 2.84. The molecule has 1 aliphatic rings. The molecular weight excluding hydrogens is 220 g/mol. The predicted octanol–water partition coefficient (Wildman–Crippen LogP) is 1.88. The minimum absolute atomic E-state index is 0.201. The van der Waals surface area contributed by atoms with Crippen LogP contribution in [0.5, 0.6) is 0 Å². The lowest BCUT2D eigenvalue weighted by Crippen LogP contribution is -2.53. The van der Waals surface area contributed by atoms with Crippen LogP contribution in [0.15, 0.2) is 17.5 Å². The van der Waals surface area contributed by atoms with Crippen molar-refractivity contribution in [3.05, 3.63) is 22.4 Å². The zero-order chi connectivity index (χ0) is 11.6. The fraction of sp³-hybridized carbons (Fsp3) is 0.583. The summed E-state index contributed by atoms with van der Waals surface area (Å²) in [6.07, 6.45) is 2.82. The molecule has 0 radical (unpaired) electrons. The van der Waals surface area contributed by atoms with Gasteiger partial charge in [-0.05, 0) is 36.6 Å². The number of carbonyl (C=O) groups is 1. The molecule has 1 aliphatic carbocycles. The van der Waals surface area contributed by atoms with Crippen molar-refractivity contribution in [3.63, 3.8) is 0 Å². The summed E-state index contributed by atoms with van der Waals surface area (Å²) in [6.45, 7) is 2.92. The molecule has 16 heavy (non-hydrogen) atoms. The third-order valence-corrected chi connectivity index (χ3v) is 4.29. The number of amides is 1. The summed E-state index contributed by atoms with van der Waals surface area (Å²) >= 11 is 1.70. The van der Waals surface area contributed by atoms with E-state index in [2.05, 4.69) is 18.3 Å². The Morgan fingerprint density at radius 2 is 2.56 bits per heavy atom. The Morgan fingerprint density at radius 3 is 3.06 bits per heavy atom. The Labute approximate surface area is 100 Å². The summed E-state index contributed by atoms with van der Waals surface area (Å²) in [7, 11) is 0. The van der Waals surface area contributed by atoms with E-state index in [0.717, 1.165) is 25.8 Å². The monoisotopic (exact) mass is 238 g/mol. The molecule has 0 aromatic carbocycles. The molecule has 0 saturated heterocycles. The van der Waals surface area contributed by atoms with E-state index in [1.807, 2.05) is 11.4 Å². The topological polar surface area (TPSA) is 55.1 Å². The van der Waals surface area contributed by atoms with Crippen molar-refractivity contribution in [1.29, 1.82) is 0 Å². The van der Waals surface area contributed by atoms with Crippen molar-refractivity contribution < 1.29 is 4.79 Å². The molecule has 1 aromatic heterocycles. The highest BCUT2D eigenvalue weighted by molar-refractivity contribution is 7.09. The lowest BCUT2D eigenvalue weighted by molar-refractivity contribution is -0.124. The number of thiophene rings is 1. The lowest BCUT2D eigenvalue weighted by atomic mass is 9.95. The maximum absolute atomic E-state index is 11.6. The van der Waals surface area contributed by atoms with Gasteiger partial charge in [-0.1, -0.05) is 13.0 Å². The van der Waals surface area contributed by atoms with Crippen LogP contribution in [0, 0.1) is 5.92 Å². The van der Waals surface area contributed by atoms with Crippen LogP contribution in [0.25, 0.3) is 0 Å². The molecule has 2 atom stereocenters. The van der Waals surface area contributed by atoms with Crippen LogP contribution in [0.1, 0.15) is 31.1 Å². The molecule has 3 nitrogen and oxygen atoms in total. The molecule has 1 fully saturated rings. The first-order valence-electron chi connectivity index (χ1n) is 5.70.